The Morgan fingerprint density at radius 1 is 1.19 bits per heavy atom. The summed E-state index contributed by atoms with van der Waals surface area (Å²) in [6.45, 7) is 3.27. The Hall–Kier alpha value is -2.45. The second-order valence-corrected chi connectivity index (χ2v) is 6.64. The molecule has 8 nitrogen and oxygen atoms in total. The zero-order valence-corrected chi connectivity index (χ0v) is 15.4. The molecule has 0 aromatic heterocycles. The molecule has 1 aromatic rings. The molecule has 2 aliphatic rings. The third-order valence-corrected chi connectivity index (χ3v) is 5.14. The van der Waals surface area contributed by atoms with Crippen LogP contribution in [0.2, 0.25) is 0 Å². The number of amides is 1. The van der Waals surface area contributed by atoms with E-state index in [0.717, 1.165) is 0 Å². The fourth-order valence-electron chi connectivity index (χ4n) is 3.92. The van der Waals surface area contributed by atoms with Crippen LogP contribution in [0.25, 0.3) is 0 Å². The number of hydrogen-bond acceptors (Lipinski definition) is 7. The van der Waals surface area contributed by atoms with E-state index in [4.69, 9.17) is 14.6 Å². The summed E-state index contributed by atoms with van der Waals surface area (Å²) in [4.78, 5) is 39.0. The smallest absolute Gasteiger partial charge is 0.324 e. The maximum atomic E-state index is 12.7. The van der Waals surface area contributed by atoms with Crippen molar-refractivity contribution in [2.45, 2.75) is 32.9 Å². The molecule has 1 aromatic carbocycles. The highest BCUT2D eigenvalue weighted by Crippen LogP contribution is 2.46. The van der Waals surface area contributed by atoms with Crippen molar-refractivity contribution < 1.29 is 34.1 Å². The number of esters is 2. The number of benzene rings is 1. The second kappa shape index (κ2) is 7.28. The van der Waals surface area contributed by atoms with Crippen molar-refractivity contribution in [1.29, 1.82) is 0 Å². The zero-order chi connectivity index (χ0) is 19.8. The number of aliphatic hydroxyl groups excluding tert-OH is 2. The molecule has 1 unspecified atom stereocenters. The van der Waals surface area contributed by atoms with E-state index in [-0.39, 0.29) is 45.1 Å². The fourth-order valence-corrected chi connectivity index (χ4v) is 3.92. The van der Waals surface area contributed by atoms with E-state index in [2.05, 4.69) is 0 Å². The molecule has 1 aliphatic carbocycles. The van der Waals surface area contributed by atoms with Gasteiger partial charge in [-0.1, -0.05) is 6.07 Å². The number of fused-ring (bicyclic) bond motifs is 3. The molecule has 3 rings (SSSR count). The zero-order valence-electron chi connectivity index (χ0n) is 15.4. The molecule has 27 heavy (non-hydrogen) atoms. The van der Waals surface area contributed by atoms with Crippen molar-refractivity contribution in [1.82, 2.24) is 4.90 Å². The molecule has 0 saturated carbocycles. The van der Waals surface area contributed by atoms with Crippen molar-refractivity contribution in [2.24, 2.45) is 5.41 Å². The Kier molecular flexibility index (Phi) is 5.21. The van der Waals surface area contributed by atoms with Crippen LogP contribution < -0.4 is 0 Å². The average Bonchev–Trinajstić information content (AvgIpc) is 3.15. The van der Waals surface area contributed by atoms with Crippen molar-refractivity contribution in [3.8, 4) is 0 Å². The number of rotatable bonds is 6. The van der Waals surface area contributed by atoms with E-state index in [1.54, 1.807) is 26.0 Å². The van der Waals surface area contributed by atoms with E-state index in [1.807, 2.05) is 0 Å². The molecule has 0 spiro atoms. The summed E-state index contributed by atoms with van der Waals surface area (Å²) in [5, 5.41) is 19.8. The van der Waals surface area contributed by atoms with Crippen LogP contribution in [0.3, 0.4) is 0 Å². The van der Waals surface area contributed by atoms with Gasteiger partial charge >= 0.3 is 11.9 Å². The van der Waals surface area contributed by atoms with Crippen LogP contribution in [0.15, 0.2) is 12.1 Å². The lowest BCUT2D eigenvalue weighted by atomic mass is 9.84. The molecule has 0 bridgehead atoms. The molecule has 0 radical (unpaired) electrons. The Bertz CT molecular complexity index is 771. The maximum Gasteiger partial charge on any atom is 0.324 e. The van der Waals surface area contributed by atoms with Crippen molar-refractivity contribution in [3.05, 3.63) is 34.4 Å². The molecule has 8 heteroatoms. The molecule has 1 heterocycles. The largest absolute Gasteiger partial charge is 0.465 e. The van der Waals surface area contributed by atoms with E-state index in [0.29, 0.717) is 22.3 Å². The van der Waals surface area contributed by atoms with Gasteiger partial charge in [0.15, 0.2) is 11.6 Å². The van der Waals surface area contributed by atoms with Crippen LogP contribution in [0.1, 0.15) is 47.1 Å². The van der Waals surface area contributed by atoms with Gasteiger partial charge in [0.05, 0.1) is 19.8 Å². The highest BCUT2D eigenvalue weighted by atomic mass is 16.6. The van der Waals surface area contributed by atoms with Gasteiger partial charge < -0.3 is 24.6 Å². The van der Waals surface area contributed by atoms with Crippen LogP contribution in [0.5, 0.6) is 0 Å². The van der Waals surface area contributed by atoms with Gasteiger partial charge in [-0.15, -0.1) is 0 Å². The number of aliphatic hydroxyl groups is 2. The molecule has 1 aliphatic heterocycles. The first-order chi connectivity index (χ1) is 12.9. The number of ether oxygens (including phenoxy) is 2. The molecule has 0 saturated heterocycles. The lowest BCUT2D eigenvalue weighted by Crippen LogP contribution is -2.43. The van der Waals surface area contributed by atoms with Gasteiger partial charge in [-0.2, -0.15) is 0 Å². The second-order valence-electron chi connectivity index (χ2n) is 6.64. The predicted octanol–water partition coefficient (Wildman–Crippen LogP) is 0.337. The van der Waals surface area contributed by atoms with Gasteiger partial charge in [0.25, 0.3) is 5.91 Å². The Morgan fingerprint density at radius 3 is 2.37 bits per heavy atom. The Labute approximate surface area is 156 Å². The molecule has 1 atom stereocenters. The van der Waals surface area contributed by atoms with Gasteiger partial charge in [-0.05, 0) is 37.5 Å². The number of carbonyl (C=O) groups is 3. The third-order valence-electron chi connectivity index (χ3n) is 5.14. The van der Waals surface area contributed by atoms with Crippen molar-refractivity contribution in [2.75, 3.05) is 26.4 Å². The van der Waals surface area contributed by atoms with Gasteiger partial charge in [0, 0.05) is 24.1 Å². The van der Waals surface area contributed by atoms with E-state index in [9.17, 15) is 19.5 Å². The highest BCUT2D eigenvalue weighted by Gasteiger charge is 2.55. The molecule has 0 fully saturated rings. The number of nitrogens with zero attached hydrogens (tertiary/aromatic N) is 1. The van der Waals surface area contributed by atoms with Gasteiger partial charge in [-0.3, -0.25) is 14.4 Å². The van der Waals surface area contributed by atoms with Crippen LogP contribution in [-0.4, -0.2) is 59.3 Å². The first-order valence-corrected chi connectivity index (χ1v) is 9.00. The van der Waals surface area contributed by atoms with Crippen LogP contribution in [0, 0.1) is 5.41 Å². The lowest BCUT2D eigenvalue weighted by Gasteiger charge is -2.24. The summed E-state index contributed by atoms with van der Waals surface area (Å²) in [5.41, 5.74) is 0.485. The topological polar surface area (TPSA) is 113 Å². The molecular formula is C19H23NO7. The van der Waals surface area contributed by atoms with Crippen LogP contribution >= 0.6 is 0 Å². The van der Waals surface area contributed by atoms with Gasteiger partial charge in [0.2, 0.25) is 0 Å². The van der Waals surface area contributed by atoms with E-state index in [1.165, 1.54) is 4.90 Å². The normalized spacial score (nSPS) is 19.6. The maximum absolute atomic E-state index is 12.7. The predicted molar refractivity (Wildman–Crippen MR) is 92.6 cm³/mol. The Morgan fingerprint density at radius 2 is 1.81 bits per heavy atom. The number of hydrogen-bond donors (Lipinski definition) is 2. The monoisotopic (exact) mass is 377 g/mol. The summed E-state index contributed by atoms with van der Waals surface area (Å²) < 4.78 is 10.3. The first-order valence-electron chi connectivity index (χ1n) is 9.00. The number of β-amino-alcohol motifs (C(OH)–C–C–N with tert-alkyl or cyclic N) is 1. The molecule has 2 N–H and O–H groups in total. The quantitative estimate of drug-likeness (QED) is 0.543. The van der Waals surface area contributed by atoms with Crippen molar-refractivity contribution >= 4 is 17.8 Å². The molecule has 1 amide bonds. The van der Waals surface area contributed by atoms with E-state index < -0.39 is 23.6 Å². The first kappa shape index (κ1) is 19.3. The van der Waals surface area contributed by atoms with Crippen LogP contribution in [0.4, 0.5) is 0 Å². The summed E-state index contributed by atoms with van der Waals surface area (Å²) in [7, 11) is 0. The standard InChI is InChI=1S/C19H23NO7/c1-3-26-17(24)19(18(25)27-4-2)9-11-5-6-12-14(13(11)10-19)16(23)20(7-8-21)15(12)22/h5-6,16,21,23H,3-4,7-10H2,1-2H3. The summed E-state index contributed by atoms with van der Waals surface area (Å²) in [6.07, 6.45) is -1.14. The molecular weight excluding hydrogens is 354 g/mol. The SMILES string of the molecule is CCOC(=O)C1(C(=O)OCC)Cc2ccc3c(c2C1)C(O)N(CCO)C3=O. The van der Waals surface area contributed by atoms with Crippen molar-refractivity contribution in [3.63, 3.8) is 0 Å². The molecule has 146 valence electrons. The summed E-state index contributed by atoms with van der Waals surface area (Å²) in [5.74, 6) is -1.72. The third kappa shape index (κ3) is 2.89. The summed E-state index contributed by atoms with van der Waals surface area (Å²) >= 11 is 0. The average molecular weight is 377 g/mol. The lowest BCUT2D eigenvalue weighted by molar-refractivity contribution is -0.171. The number of carbonyl (C=O) groups excluding carboxylic acids is 3. The van der Waals surface area contributed by atoms with Gasteiger partial charge in [-0.25, -0.2) is 0 Å². The van der Waals surface area contributed by atoms with E-state index >= 15 is 0 Å². The summed E-state index contributed by atoms with van der Waals surface area (Å²) in [6, 6.07) is 3.28. The Balaban J connectivity index is 2.05. The fraction of sp³-hybridized carbons (Fsp3) is 0.526. The minimum atomic E-state index is -1.52. The minimum Gasteiger partial charge on any atom is -0.465 e. The van der Waals surface area contributed by atoms with Crippen LogP contribution in [-0.2, 0) is 31.9 Å². The van der Waals surface area contributed by atoms with Gasteiger partial charge in [0.1, 0.15) is 0 Å². The highest BCUT2D eigenvalue weighted by molar-refractivity contribution is 6.03. The minimum absolute atomic E-state index is 0.000475.